The summed E-state index contributed by atoms with van der Waals surface area (Å²) in [4.78, 5) is 22.8. The van der Waals surface area contributed by atoms with Crippen molar-refractivity contribution in [3.8, 4) is 17.2 Å². The summed E-state index contributed by atoms with van der Waals surface area (Å²) in [5.41, 5.74) is -1.36. The molecule has 1 heterocycles. The highest BCUT2D eigenvalue weighted by Gasteiger charge is 2.17. The zero-order chi connectivity index (χ0) is 14.4. The van der Waals surface area contributed by atoms with Crippen molar-refractivity contribution in [2.24, 2.45) is 5.18 Å². The molecule has 0 saturated heterocycles. The summed E-state index contributed by atoms with van der Waals surface area (Å²) in [7, 11) is 0. The monoisotopic (exact) mass is 273 g/mol. The molecule has 3 aromatic rings. The van der Waals surface area contributed by atoms with E-state index in [1.54, 1.807) is 0 Å². The summed E-state index contributed by atoms with van der Waals surface area (Å²) >= 11 is 0. The van der Waals surface area contributed by atoms with Gasteiger partial charge in [-0.2, -0.15) is 0 Å². The Kier molecular flexibility index (Phi) is 2.37. The van der Waals surface area contributed by atoms with Crippen LogP contribution in [0.1, 0.15) is 0 Å². The van der Waals surface area contributed by atoms with Crippen molar-refractivity contribution in [2.75, 3.05) is 0 Å². The van der Waals surface area contributed by atoms with Crippen molar-refractivity contribution in [1.82, 2.24) is 0 Å². The van der Waals surface area contributed by atoms with Gasteiger partial charge in [-0.3, -0.25) is 4.79 Å². The minimum absolute atomic E-state index is 0.0347. The van der Waals surface area contributed by atoms with Gasteiger partial charge in [0.15, 0.2) is 28.4 Å². The number of benzene rings is 2. The molecule has 7 nitrogen and oxygen atoms in total. The van der Waals surface area contributed by atoms with Gasteiger partial charge in [0, 0.05) is 0 Å². The molecular weight excluding hydrogens is 266 g/mol. The molecule has 0 atom stereocenters. The van der Waals surface area contributed by atoms with Crippen LogP contribution in [-0.4, -0.2) is 15.3 Å². The SMILES string of the molecule is O=Nc1ccc2c(=O)c3ccc(O)c(O)c3oc2c1O. The number of phenolic OH excluding ortho intramolecular Hbond substituents is 3. The molecule has 0 radical (unpaired) electrons. The van der Waals surface area contributed by atoms with E-state index in [1.807, 2.05) is 0 Å². The van der Waals surface area contributed by atoms with Crippen LogP contribution in [0.3, 0.4) is 0 Å². The maximum Gasteiger partial charge on any atom is 0.201 e. The van der Waals surface area contributed by atoms with Crippen LogP contribution < -0.4 is 5.43 Å². The molecule has 0 amide bonds. The Morgan fingerprint density at radius 3 is 2.15 bits per heavy atom. The molecule has 2 aromatic carbocycles. The summed E-state index contributed by atoms with van der Waals surface area (Å²) in [5, 5.41) is 31.6. The first-order chi connectivity index (χ1) is 9.54. The first-order valence-corrected chi connectivity index (χ1v) is 5.51. The number of hydrogen-bond acceptors (Lipinski definition) is 7. The number of nitroso groups, excluding NO2 is 1. The van der Waals surface area contributed by atoms with Gasteiger partial charge in [-0.05, 0) is 29.4 Å². The van der Waals surface area contributed by atoms with Crippen molar-refractivity contribution in [2.45, 2.75) is 0 Å². The van der Waals surface area contributed by atoms with Crippen LogP contribution in [-0.2, 0) is 0 Å². The van der Waals surface area contributed by atoms with Gasteiger partial charge in [-0.15, -0.1) is 4.91 Å². The smallest absolute Gasteiger partial charge is 0.201 e. The first-order valence-electron chi connectivity index (χ1n) is 5.51. The maximum absolute atomic E-state index is 12.2. The van der Waals surface area contributed by atoms with Crippen molar-refractivity contribution < 1.29 is 19.7 Å². The van der Waals surface area contributed by atoms with Gasteiger partial charge >= 0.3 is 0 Å². The average Bonchev–Trinajstić information content (AvgIpc) is 2.45. The third-order valence-corrected chi connectivity index (χ3v) is 3.01. The van der Waals surface area contributed by atoms with Gasteiger partial charge in [0.25, 0.3) is 0 Å². The number of rotatable bonds is 1. The van der Waals surface area contributed by atoms with Crippen LogP contribution in [0, 0.1) is 4.91 Å². The molecule has 1 aromatic heterocycles. The number of hydrogen-bond donors (Lipinski definition) is 3. The third-order valence-electron chi connectivity index (χ3n) is 3.01. The zero-order valence-corrected chi connectivity index (χ0v) is 9.82. The van der Waals surface area contributed by atoms with Crippen molar-refractivity contribution in [3.05, 3.63) is 39.4 Å². The fourth-order valence-corrected chi connectivity index (χ4v) is 2.01. The topological polar surface area (TPSA) is 120 Å². The lowest BCUT2D eigenvalue weighted by Gasteiger charge is -2.06. The second-order valence-corrected chi connectivity index (χ2v) is 4.14. The molecule has 0 saturated carbocycles. The van der Waals surface area contributed by atoms with Crippen molar-refractivity contribution >= 4 is 27.6 Å². The number of phenols is 3. The molecule has 3 rings (SSSR count). The Hall–Kier alpha value is -3.09. The van der Waals surface area contributed by atoms with Crippen LogP contribution in [0.25, 0.3) is 21.9 Å². The molecule has 20 heavy (non-hydrogen) atoms. The fraction of sp³-hybridized carbons (Fsp3) is 0. The summed E-state index contributed by atoms with van der Waals surface area (Å²) in [5.74, 6) is -1.69. The van der Waals surface area contributed by atoms with Crippen LogP contribution in [0.4, 0.5) is 5.69 Å². The van der Waals surface area contributed by atoms with Gasteiger partial charge < -0.3 is 19.7 Å². The highest BCUT2D eigenvalue weighted by atomic mass is 16.4. The van der Waals surface area contributed by atoms with Crippen LogP contribution in [0.15, 0.2) is 38.7 Å². The van der Waals surface area contributed by atoms with Gasteiger partial charge in [0.05, 0.1) is 10.8 Å². The molecule has 7 heteroatoms. The van der Waals surface area contributed by atoms with Crippen molar-refractivity contribution in [1.29, 1.82) is 0 Å². The van der Waals surface area contributed by atoms with Crippen LogP contribution >= 0.6 is 0 Å². The molecular formula is C13H7NO6. The summed E-state index contributed by atoms with van der Waals surface area (Å²) in [6.07, 6.45) is 0. The quantitative estimate of drug-likeness (QED) is 0.356. The Balaban J connectivity index is 2.62. The summed E-state index contributed by atoms with van der Waals surface area (Å²) in [6, 6.07) is 4.93. The molecule has 0 fully saturated rings. The Morgan fingerprint density at radius 2 is 1.50 bits per heavy atom. The predicted molar refractivity (Wildman–Crippen MR) is 70.4 cm³/mol. The van der Waals surface area contributed by atoms with E-state index < -0.39 is 22.7 Å². The van der Waals surface area contributed by atoms with E-state index in [4.69, 9.17) is 4.42 Å². The Bertz CT molecular complexity index is 928. The summed E-state index contributed by atoms with van der Waals surface area (Å²) < 4.78 is 5.25. The zero-order valence-electron chi connectivity index (χ0n) is 9.82. The largest absolute Gasteiger partial charge is 0.504 e. The lowest BCUT2D eigenvalue weighted by molar-refractivity contribution is 0.400. The molecule has 3 N–H and O–H groups in total. The lowest BCUT2D eigenvalue weighted by Crippen LogP contribution is -2.02. The van der Waals surface area contributed by atoms with Crippen LogP contribution in [0.2, 0.25) is 0 Å². The van der Waals surface area contributed by atoms with Crippen LogP contribution in [0.5, 0.6) is 17.2 Å². The lowest BCUT2D eigenvalue weighted by atomic mass is 10.1. The molecule has 0 bridgehead atoms. The normalized spacial score (nSPS) is 11.0. The van der Waals surface area contributed by atoms with E-state index >= 15 is 0 Å². The van der Waals surface area contributed by atoms with E-state index in [0.29, 0.717) is 0 Å². The van der Waals surface area contributed by atoms with Gasteiger partial charge in [-0.25, -0.2) is 0 Å². The first kappa shape index (κ1) is 12.0. The molecule has 0 spiro atoms. The third kappa shape index (κ3) is 1.43. The van der Waals surface area contributed by atoms with E-state index in [1.165, 1.54) is 18.2 Å². The van der Waals surface area contributed by atoms with E-state index in [-0.39, 0.29) is 27.6 Å². The molecule has 0 aliphatic carbocycles. The standard InChI is InChI=1S/C13H7NO6/c15-8-4-2-6-9(16)5-1-3-7(14-19)10(17)12(5)20-13(6)11(8)18/h1-4,15,17-18H. The van der Waals surface area contributed by atoms with E-state index in [9.17, 15) is 25.0 Å². The predicted octanol–water partition coefficient (Wildman–Crippen LogP) is 2.46. The molecule has 0 aliphatic heterocycles. The number of aromatic hydroxyl groups is 3. The minimum Gasteiger partial charge on any atom is -0.504 e. The summed E-state index contributed by atoms with van der Waals surface area (Å²) in [6.45, 7) is 0. The van der Waals surface area contributed by atoms with Crippen molar-refractivity contribution in [3.63, 3.8) is 0 Å². The van der Waals surface area contributed by atoms with E-state index in [2.05, 4.69) is 5.18 Å². The highest BCUT2D eigenvalue weighted by molar-refractivity contribution is 5.97. The fourth-order valence-electron chi connectivity index (χ4n) is 2.01. The van der Waals surface area contributed by atoms with Gasteiger partial charge in [-0.1, -0.05) is 0 Å². The maximum atomic E-state index is 12.2. The number of fused-ring (bicyclic) bond motifs is 2. The average molecular weight is 273 g/mol. The second kappa shape index (κ2) is 3.95. The second-order valence-electron chi connectivity index (χ2n) is 4.14. The van der Waals surface area contributed by atoms with Gasteiger partial charge in [0.2, 0.25) is 11.2 Å². The number of nitrogens with zero attached hydrogens (tertiary/aromatic N) is 1. The van der Waals surface area contributed by atoms with E-state index in [0.717, 1.165) is 6.07 Å². The Morgan fingerprint density at radius 1 is 0.900 bits per heavy atom. The molecule has 0 aliphatic rings. The highest BCUT2D eigenvalue weighted by Crippen LogP contribution is 2.38. The molecule has 0 unspecified atom stereocenters. The Labute approximate surface area is 110 Å². The van der Waals surface area contributed by atoms with Gasteiger partial charge in [0.1, 0.15) is 0 Å². The minimum atomic E-state index is -0.620. The molecule has 100 valence electrons.